The lowest BCUT2D eigenvalue weighted by Gasteiger charge is -2.64. The van der Waals surface area contributed by atoms with E-state index in [4.69, 9.17) is 0 Å². The Morgan fingerprint density at radius 2 is 1.62 bits per heavy atom. The number of aliphatic hydroxyl groups is 1. The molecule has 0 saturated heterocycles. The van der Waals surface area contributed by atoms with Crippen molar-refractivity contribution in [3.8, 4) is 0 Å². The molecule has 4 aliphatic rings. The molecule has 1 heteroatoms. The third-order valence-corrected chi connectivity index (χ3v) is 12.3. The van der Waals surface area contributed by atoms with Gasteiger partial charge in [0.05, 0.1) is 6.10 Å². The minimum Gasteiger partial charge on any atom is -0.392 e. The highest BCUT2D eigenvalue weighted by atomic mass is 16.3. The van der Waals surface area contributed by atoms with Gasteiger partial charge in [-0.3, -0.25) is 0 Å². The largest absolute Gasteiger partial charge is 0.392 e. The smallest absolute Gasteiger partial charge is 0.0628 e. The maximum atomic E-state index is 10.8. The fourth-order valence-electron chi connectivity index (χ4n) is 9.64. The Labute approximate surface area is 199 Å². The SMILES string of the molecule is C=C(CCC(C)C1CCC2(C)C3CC=C4C(C)(C)C(O)CCC4(C)C3CCC12C)C(C)C. The van der Waals surface area contributed by atoms with E-state index in [1.165, 1.54) is 56.9 Å². The van der Waals surface area contributed by atoms with Crippen molar-refractivity contribution in [1.82, 2.24) is 0 Å². The van der Waals surface area contributed by atoms with E-state index >= 15 is 0 Å². The molecule has 3 saturated carbocycles. The van der Waals surface area contributed by atoms with Gasteiger partial charge in [0, 0.05) is 5.41 Å². The molecule has 0 aromatic heterocycles. The molecule has 0 amide bonds. The maximum absolute atomic E-state index is 10.8. The Hall–Kier alpha value is -0.560. The number of aliphatic hydroxyl groups excluding tert-OH is 1. The van der Waals surface area contributed by atoms with Crippen LogP contribution in [-0.4, -0.2) is 11.2 Å². The Bertz CT molecular complexity index is 773. The number of fused-ring (bicyclic) bond motifs is 5. The van der Waals surface area contributed by atoms with Gasteiger partial charge >= 0.3 is 0 Å². The second kappa shape index (κ2) is 8.00. The van der Waals surface area contributed by atoms with E-state index in [1.807, 2.05) is 0 Å². The summed E-state index contributed by atoms with van der Waals surface area (Å²) >= 11 is 0. The van der Waals surface area contributed by atoms with Gasteiger partial charge in [-0.05, 0) is 104 Å². The zero-order valence-electron chi connectivity index (χ0n) is 22.6. The average molecular weight is 441 g/mol. The molecule has 0 heterocycles. The molecule has 0 bridgehead atoms. The Morgan fingerprint density at radius 1 is 0.969 bits per heavy atom. The monoisotopic (exact) mass is 440 g/mol. The maximum Gasteiger partial charge on any atom is 0.0628 e. The quantitative estimate of drug-likeness (QED) is 0.424. The summed E-state index contributed by atoms with van der Waals surface area (Å²) in [6, 6.07) is 0. The van der Waals surface area contributed by atoms with Crippen LogP contribution in [0.5, 0.6) is 0 Å². The van der Waals surface area contributed by atoms with Gasteiger partial charge in [0.15, 0.2) is 0 Å². The molecule has 4 aliphatic carbocycles. The van der Waals surface area contributed by atoms with Crippen LogP contribution < -0.4 is 0 Å². The molecule has 0 aliphatic heterocycles. The number of hydrogen-bond donors (Lipinski definition) is 1. The van der Waals surface area contributed by atoms with Crippen LogP contribution >= 0.6 is 0 Å². The topological polar surface area (TPSA) is 20.2 Å². The predicted octanol–water partition coefficient (Wildman–Crippen LogP) is 8.58. The summed E-state index contributed by atoms with van der Waals surface area (Å²) in [5, 5.41) is 10.8. The van der Waals surface area contributed by atoms with Crippen molar-refractivity contribution in [2.75, 3.05) is 0 Å². The fraction of sp³-hybridized carbons (Fsp3) is 0.871. The summed E-state index contributed by atoms with van der Waals surface area (Å²) < 4.78 is 0. The predicted molar refractivity (Wildman–Crippen MR) is 137 cm³/mol. The molecule has 32 heavy (non-hydrogen) atoms. The molecular formula is C31H52O. The number of hydrogen-bond acceptors (Lipinski definition) is 1. The first kappa shape index (κ1) is 24.6. The highest BCUT2D eigenvalue weighted by molar-refractivity contribution is 5.32. The molecular weight excluding hydrogens is 388 g/mol. The lowest BCUT2D eigenvalue weighted by Crippen LogP contribution is -2.57. The van der Waals surface area contributed by atoms with E-state index in [1.54, 1.807) is 5.57 Å². The number of rotatable bonds is 5. The summed E-state index contributed by atoms with van der Waals surface area (Å²) in [4.78, 5) is 0. The molecule has 4 rings (SSSR count). The molecule has 0 spiro atoms. The van der Waals surface area contributed by atoms with E-state index in [0.717, 1.165) is 30.1 Å². The van der Waals surface area contributed by atoms with Crippen LogP contribution in [-0.2, 0) is 0 Å². The van der Waals surface area contributed by atoms with E-state index < -0.39 is 0 Å². The van der Waals surface area contributed by atoms with Crippen molar-refractivity contribution < 1.29 is 5.11 Å². The van der Waals surface area contributed by atoms with Gasteiger partial charge in [0.2, 0.25) is 0 Å². The van der Waals surface area contributed by atoms with E-state index in [9.17, 15) is 5.11 Å². The van der Waals surface area contributed by atoms with Crippen molar-refractivity contribution in [3.05, 3.63) is 23.8 Å². The van der Waals surface area contributed by atoms with Gasteiger partial charge in [-0.25, -0.2) is 0 Å². The van der Waals surface area contributed by atoms with Gasteiger partial charge in [0.1, 0.15) is 0 Å². The highest BCUT2D eigenvalue weighted by Gasteiger charge is 2.65. The first-order valence-corrected chi connectivity index (χ1v) is 13.9. The molecule has 3 fully saturated rings. The molecule has 0 radical (unpaired) electrons. The third-order valence-electron chi connectivity index (χ3n) is 12.3. The summed E-state index contributed by atoms with van der Waals surface area (Å²) in [6.45, 7) is 24.0. The lowest BCUT2D eigenvalue weighted by atomic mass is 9.40. The van der Waals surface area contributed by atoms with E-state index in [-0.39, 0.29) is 16.9 Å². The molecule has 0 aromatic rings. The summed E-state index contributed by atoms with van der Waals surface area (Å²) in [5.74, 6) is 3.87. The molecule has 8 atom stereocenters. The lowest BCUT2D eigenvalue weighted by molar-refractivity contribution is -0.124. The van der Waals surface area contributed by atoms with Gasteiger partial charge in [0.25, 0.3) is 0 Å². The summed E-state index contributed by atoms with van der Waals surface area (Å²) in [6.07, 6.45) is 14.0. The zero-order valence-corrected chi connectivity index (χ0v) is 22.6. The summed E-state index contributed by atoms with van der Waals surface area (Å²) in [7, 11) is 0. The van der Waals surface area contributed by atoms with Crippen LogP contribution in [0, 0.1) is 51.2 Å². The van der Waals surface area contributed by atoms with Gasteiger partial charge in [-0.1, -0.05) is 79.2 Å². The van der Waals surface area contributed by atoms with Crippen LogP contribution in [0.1, 0.15) is 113 Å². The first-order valence-electron chi connectivity index (χ1n) is 13.9. The van der Waals surface area contributed by atoms with Gasteiger partial charge in [-0.2, -0.15) is 0 Å². The van der Waals surface area contributed by atoms with E-state index in [2.05, 4.69) is 68.0 Å². The van der Waals surface area contributed by atoms with Gasteiger partial charge in [-0.15, -0.1) is 0 Å². The third kappa shape index (κ3) is 3.34. The highest BCUT2D eigenvalue weighted by Crippen LogP contribution is 2.73. The van der Waals surface area contributed by atoms with Crippen LogP contribution in [0.3, 0.4) is 0 Å². The Morgan fingerprint density at radius 3 is 2.28 bits per heavy atom. The Balaban J connectivity index is 1.59. The van der Waals surface area contributed by atoms with E-state index in [0.29, 0.717) is 16.7 Å². The average Bonchev–Trinajstić information content (AvgIpc) is 3.00. The van der Waals surface area contributed by atoms with Crippen molar-refractivity contribution in [2.24, 2.45) is 51.2 Å². The second-order valence-corrected chi connectivity index (χ2v) is 14.1. The van der Waals surface area contributed by atoms with Crippen LogP contribution in [0.4, 0.5) is 0 Å². The van der Waals surface area contributed by atoms with Crippen molar-refractivity contribution in [1.29, 1.82) is 0 Å². The first-order chi connectivity index (χ1) is 14.8. The molecule has 0 aromatic carbocycles. The van der Waals surface area contributed by atoms with Gasteiger partial charge < -0.3 is 5.11 Å². The zero-order chi connectivity index (χ0) is 23.7. The minimum atomic E-state index is -0.180. The molecule has 1 nitrogen and oxygen atoms in total. The van der Waals surface area contributed by atoms with Crippen molar-refractivity contribution in [3.63, 3.8) is 0 Å². The normalized spacial score (nSPS) is 46.1. The van der Waals surface area contributed by atoms with Crippen molar-refractivity contribution >= 4 is 0 Å². The Kier molecular flexibility index (Phi) is 6.14. The van der Waals surface area contributed by atoms with Crippen LogP contribution in [0.2, 0.25) is 0 Å². The number of allylic oxidation sites excluding steroid dienone is 2. The summed E-state index contributed by atoms with van der Waals surface area (Å²) in [5.41, 5.74) is 4.17. The van der Waals surface area contributed by atoms with Crippen LogP contribution in [0.15, 0.2) is 23.8 Å². The van der Waals surface area contributed by atoms with Crippen LogP contribution in [0.25, 0.3) is 0 Å². The second-order valence-electron chi connectivity index (χ2n) is 14.1. The van der Waals surface area contributed by atoms with Crippen molar-refractivity contribution in [2.45, 2.75) is 119 Å². The standard InChI is InChI=1S/C31H52O/c1-20(2)21(3)10-11-22(4)23-14-18-31(9)25-12-13-26-28(5,6)27(32)16-17-29(26,7)24(25)15-19-30(23,31)8/h13,20,22-25,27,32H,3,10-12,14-19H2,1-2,4-9H3. The minimum absolute atomic E-state index is 0.0643. The molecule has 1 N–H and O–H groups in total. The molecule has 8 unspecified atom stereocenters. The fourth-order valence-corrected chi connectivity index (χ4v) is 9.64. The molecule has 182 valence electrons.